The molecule has 5 nitrogen and oxygen atoms in total. The zero-order chi connectivity index (χ0) is 20.7. The first kappa shape index (κ1) is 18.6. The molecule has 0 aliphatic carbocycles. The van der Waals surface area contributed by atoms with Crippen molar-refractivity contribution in [1.82, 2.24) is 9.63 Å². The smallest absolute Gasteiger partial charge is 0.182 e. The van der Waals surface area contributed by atoms with Gasteiger partial charge in [0.05, 0.1) is 0 Å². The van der Waals surface area contributed by atoms with E-state index >= 15 is 0 Å². The van der Waals surface area contributed by atoms with Gasteiger partial charge in [0.15, 0.2) is 5.84 Å². The molecule has 1 aromatic heterocycles. The Kier molecular flexibility index (Phi) is 4.62. The highest BCUT2D eigenvalue weighted by Gasteiger charge is 2.34. The average Bonchev–Trinajstić information content (AvgIpc) is 3.11. The van der Waals surface area contributed by atoms with Gasteiger partial charge in [-0.25, -0.2) is 5.06 Å². The number of aromatic nitrogens is 1. The third-order valence-corrected chi connectivity index (χ3v) is 5.62. The minimum absolute atomic E-state index is 0.379. The molecule has 6 heteroatoms. The summed E-state index contributed by atoms with van der Waals surface area (Å²) in [6.45, 7) is 0. The number of benzene rings is 3. The van der Waals surface area contributed by atoms with Crippen molar-refractivity contribution < 1.29 is 5.21 Å². The lowest BCUT2D eigenvalue weighted by Crippen LogP contribution is -2.39. The Morgan fingerprint density at radius 2 is 1.53 bits per heavy atom. The molecule has 1 aliphatic heterocycles. The van der Waals surface area contributed by atoms with Crippen LogP contribution in [0.3, 0.4) is 0 Å². The van der Waals surface area contributed by atoms with Gasteiger partial charge in [-0.3, -0.25) is 5.21 Å². The standard InChI is InChI=1S/C24H19ClN4O/c1-28-15-20(19-9-5-6-10-21(19)28)23-22(16-7-3-2-4-8-16)26-27-24(29(23)30)17-11-13-18(25)14-12-17/h2-15,23,30H,1H3. The first-order valence-corrected chi connectivity index (χ1v) is 10.0. The van der Waals surface area contributed by atoms with Crippen molar-refractivity contribution in [1.29, 1.82) is 0 Å². The SMILES string of the molecule is Cn1cc(C2C(c3ccccc3)=NN=C(c3ccc(Cl)cc3)N2O)c2ccccc21. The molecule has 1 N–H and O–H groups in total. The molecule has 1 atom stereocenters. The Balaban J connectivity index is 1.71. The number of hydroxylamine groups is 2. The van der Waals surface area contributed by atoms with E-state index in [9.17, 15) is 5.21 Å². The minimum Gasteiger partial charge on any atom is -0.350 e. The number of fused-ring (bicyclic) bond motifs is 1. The van der Waals surface area contributed by atoms with Crippen molar-refractivity contribution in [3.05, 3.63) is 107 Å². The third kappa shape index (κ3) is 3.09. The highest BCUT2D eigenvalue weighted by atomic mass is 35.5. The fraction of sp³-hybridized carbons (Fsp3) is 0.0833. The maximum Gasteiger partial charge on any atom is 0.182 e. The lowest BCUT2D eigenvalue weighted by atomic mass is 9.94. The van der Waals surface area contributed by atoms with Crippen LogP contribution < -0.4 is 0 Å². The highest BCUT2D eigenvalue weighted by Crippen LogP contribution is 2.35. The van der Waals surface area contributed by atoms with E-state index in [0.717, 1.165) is 27.6 Å². The lowest BCUT2D eigenvalue weighted by Gasteiger charge is -2.31. The van der Waals surface area contributed by atoms with Crippen LogP contribution in [0.1, 0.15) is 22.7 Å². The van der Waals surface area contributed by atoms with Crippen molar-refractivity contribution in [2.45, 2.75) is 6.04 Å². The monoisotopic (exact) mass is 414 g/mol. The van der Waals surface area contributed by atoms with E-state index in [-0.39, 0.29) is 0 Å². The topological polar surface area (TPSA) is 53.1 Å². The maximum absolute atomic E-state index is 11.4. The van der Waals surface area contributed by atoms with Gasteiger partial charge >= 0.3 is 0 Å². The van der Waals surface area contributed by atoms with E-state index in [2.05, 4.69) is 26.9 Å². The minimum atomic E-state index is -0.512. The van der Waals surface area contributed by atoms with Crippen molar-refractivity contribution in [3.63, 3.8) is 0 Å². The van der Waals surface area contributed by atoms with Gasteiger partial charge in [-0.05, 0) is 30.3 Å². The van der Waals surface area contributed by atoms with Gasteiger partial charge in [0.2, 0.25) is 0 Å². The van der Waals surface area contributed by atoms with Gasteiger partial charge < -0.3 is 4.57 Å². The van der Waals surface area contributed by atoms with Crippen molar-refractivity contribution in [2.24, 2.45) is 17.3 Å². The quantitative estimate of drug-likeness (QED) is 0.486. The summed E-state index contributed by atoms with van der Waals surface area (Å²) >= 11 is 6.04. The van der Waals surface area contributed by atoms with Crippen molar-refractivity contribution >= 4 is 34.1 Å². The number of hydrogen-bond donors (Lipinski definition) is 1. The molecule has 148 valence electrons. The highest BCUT2D eigenvalue weighted by molar-refractivity contribution is 6.30. The fourth-order valence-electron chi connectivity index (χ4n) is 3.92. The number of para-hydroxylation sites is 1. The second-order valence-electron chi connectivity index (χ2n) is 7.24. The molecular weight excluding hydrogens is 396 g/mol. The molecule has 3 aromatic carbocycles. The third-order valence-electron chi connectivity index (χ3n) is 5.37. The predicted molar refractivity (Wildman–Crippen MR) is 120 cm³/mol. The van der Waals surface area contributed by atoms with E-state index in [1.54, 1.807) is 12.1 Å². The molecule has 0 bridgehead atoms. The predicted octanol–water partition coefficient (Wildman–Crippen LogP) is 5.43. The summed E-state index contributed by atoms with van der Waals surface area (Å²) in [5.41, 5.74) is 4.38. The van der Waals surface area contributed by atoms with Gasteiger partial charge in [0.1, 0.15) is 11.8 Å². The molecule has 0 saturated heterocycles. The number of aryl methyl sites for hydroxylation is 1. The molecule has 1 unspecified atom stereocenters. The Morgan fingerprint density at radius 1 is 0.833 bits per heavy atom. The first-order valence-electron chi connectivity index (χ1n) is 9.62. The summed E-state index contributed by atoms with van der Waals surface area (Å²) in [6.07, 6.45) is 2.04. The summed E-state index contributed by atoms with van der Waals surface area (Å²) < 4.78 is 2.06. The number of nitrogens with zero attached hydrogens (tertiary/aromatic N) is 4. The fourth-order valence-corrected chi connectivity index (χ4v) is 4.05. The van der Waals surface area contributed by atoms with E-state index < -0.39 is 6.04 Å². The van der Waals surface area contributed by atoms with E-state index in [1.807, 2.05) is 67.8 Å². The second-order valence-corrected chi connectivity index (χ2v) is 7.68. The molecule has 0 fully saturated rings. The Bertz CT molecular complexity index is 1280. The van der Waals surface area contributed by atoms with E-state index in [0.29, 0.717) is 16.6 Å². The van der Waals surface area contributed by atoms with E-state index in [4.69, 9.17) is 11.6 Å². The normalized spacial score (nSPS) is 16.5. The Hall–Kier alpha value is -3.41. The van der Waals surface area contributed by atoms with Crippen LogP contribution in [0.4, 0.5) is 0 Å². The largest absolute Gasteiger partial charge is 0.350 e. The number of rotatable bonds is 3. The molecule has 30 heavy (non-hydrogen) atoms. The van der Waals surface area contributed by atoms with Gasteiger partial charge in [-0.2, -0.15) is 5.10 Å². The summed E-state index contributed by atoms with van der Waals surface area (Å²) in [5, 5.41) is 23.2. The van der Waals surface area contributed by atoms with Crippen molar-refractivity contribution in [2.75, 3.05) is 0 Å². The van der Waals surface area contributed by atoms with Gasteiger partial charge in [0, 0.05) is 45.9 Å². The van der Waals surface area contributed by atoms with Crippen molar-refractivity contribution in [3.8, 4) is 0 Å². The van der Waals surface area contributed by atoms with Gasteiger partial charge in [-0.15, -0.1) is 5.10 Å². The number of hydrogen-bond acceptors (Lipinski definition) is 4. The maximum atomic E-state index is 11.4. The van der Waals surface area contributed by atoms with Crippen LogP contribution in [-0.4, -0.2) is 26.4 Å². The molecule has 1 aliphatic rings. The van der Waals surface area contributed by atoms with Crippen LogP contribution in [0.2, 0.25) is 5.02 Å². The summed E-state index contributed by atoms with van der Waals surface area (Å²) in [5.74, 6) is 0.379. The molecule has 0 amide bonds. The zero-order valence-corrected chi connectivity index (χ0v) is 17.0. The average molecular weight is 415 g/mol. The molecule has 0 saturated carbocycles. The Labute approximate surface area is 179 Å². The van der Waals surface area contributed by atoms with Crippen LogP contribution in [-0.2, 0) is 7.05 Å². The second kappa shape index (κ2) is 7.44. The molecular formula is C24H19ClN4O. The van der Waals surface area contributed by atoms with Crippen LogP contribution in [0.25, 0.3) is 10.9 Å². The molecule has 5 rings (SSSR count). The van der Waals surface area contributed by atoms with Crippen LogP contribution in [0.15, 0.2) is 95.3 Å². The summed E-state index contributed by atoms with van der Waals surface area (Å²) in [7, 11) is 2.00. The summed E-state index contributed by atoms with van der Waals surface area (Å²) in [6, 6.07) is 24.7. The van der Waals surface area contributed by atoms with Crippen LogP contribution >= 0.6 is 11.6 Å². The molecule has 4 aromatic rings. The van der Waals surface area contributed by atoms with Crippen LogP contribution in [0, 0.1) is 0 Å². The van der Waals surface area contributed by atoms with Gasteiger partial charge in [0.25, 0.3) is 0 Å². The number of amidine groups is 1. The molecule has 2 heterocycles. The van der Waals surface area contributed by atoms with E-state index in [1.165, 1.54) is 5.06 Å². The zero-order valence-electron chi connectivity index (χ0n) is 16.3. The lowest BCUT2D eigenvalue weighted by molar-refractivity contribution is -0.0343. The Morgan fingerprint density at radius 3 is 2.30 bits per heavy atom. The van der Waals surface area contributed by atoms with Crippen LogP contribution in [0.5, 0.6) is 0 Å². The summed E-state index contributed by atoms with van der Waals surface area (Å²) in [4.78, 5) is 0. The number of halogens is 1. The first-order chi connectivity index (χ1) is 14.6. The molecule has 0 spiro atoms. The molecule has 0 radical (unpaired) electrons. The van der Waals surface area contributed by atoms with Gasteiger partial charge in [-0.1, -0.05) is 60.1 Å².